The molecular weight excluding hydrogens is 358 g/mol. The summed E-state index contributed by atoms with van der Waals surface area (Å²) < 4.78 is 2.05. The summed E-state index contributed by atoms with van der Waals surface area (Å²) in [5, 5.41) is 0.684. The average Bonchev–Trinajstić information content (AvgIpc) is 3.14. The molecule has 2 aromatic carbocycles. The average molecular weight is 382 g/mol. The molecule has 1 atom stereocenters. The highest BCUT2D eigenvalue weighted by Gasteiger charge is 2.23. The summed E-state index contributed by atoms with van der Waals surface area (Å²) in [7, 11) is 1.83. The van der Waals surface area contributed by atoms with Gasteiger partial charge in [-0.2, -0.15) is 0 Å². The van der Waals surface area contributed by atoms with Crippen molar-refractivity contribution in [2.24, 2.45) is 0 Å². The third kappa shape index (κ3) is 4.58. The van der Waals surface area contributed by atoms with Gasteiger partial charge in [-0.3, -0.25) is 4.79 Å². The van der Waals surface area contributed by atoms with Crippen LogP contribution in [0.25, 0.3) is 0 Å². The first kappa shape index (κ1) is 19.2. The first-order valence-corrected chi connectivity index (χ1v) is 9.51. The van der Waals surface area contributed by atoms with E-state index >= 15 is 0 Å². The minimum atomic E-state index is -0.0826. The highest BCUT2D eigenvalue weighted by molar-refractivity contribution is 6.31. The van der Waals surface area contributed by atoms with Gasteiger partial charge in [0, 0.05) is 43.3 Å². The number of benzene rings is 2. The van der Waals surface area contributed by atoms with Gasteiger partial charge in [0.15, 0.2) is 0 Å². The van der Waals surface area contributed by atoms with Crippen molar-refractivity contribution < 1.29 is 4.79 Å². The molecule has 0 bridgehead atoms. The maximum atomic E-state index is 13.0. The molecule has 0 aliphatic rings. The number of imidazole rings is 1. The summed E-state index contributed by atoms with van der Waals surface area (Å²) in [6.07, 6.45) is 4.06. The SMILES string of the molecule is CCn1ccnc1CN(C)C(=O)C[C@H](c1ccccc1)c1ccccc1Cl. The molecule has 140 valence electrons. The van der Waals surface area contributed by atoms with E-state index in [1.54, 1.807) is 11.1 Å². The van der Waals surface area contributed by atoms with E-state index in [0.29, 0.717) is 18.0 Å². The lowest BCUT2D eigenvalue weighted by atomic mass is 9.88. The van der Waals surface area contributed by atoms with Gasteiger partial charge in [0.1, 0.15) is 5.82 Å². The lowest BCUT2D eigenvalue weighted by Gasteiger charge is -2.23. The van der Waals surface area contributed by atoms with Crippen LogP contribution in [-0.2, 0) is 17.9 Å². The van der Waals surface area contributed by atoms with E-state index in [9.17, 15) is 4.79 Å². The number of aromatic nitrogens is 2. The molecule has 0 saturated carbocycles. The number of hydrogen-bond acceptors (Lipinski definition) is 2. The van der Waals surface area contributed by atoms with E-state index in [2.05, 4.69) is 11.9 Å². The topological polar surface area (TPSA) is 38.1 Å². The molecular formula is C22H24ClN3O. The second-order valence-corrected chi connectivity index (χ2v) is 6.98. The van der Waals surface area contributed by atoms with Crippen LogP contribution in [0, 0.1) is 0 Å². The van der Waals surface area contributed by atoms with Crippen molar-refractivity contribution in [3.05, 3.63) is 89.0 Å². The number of carbonyl (C=O) groups is 1. The highest BCUT2D eigenvalue weighted by Crippen LogP contribution is 2.33. The van der Waals surface area contributed by atoms with E-state index in [-0.39, 0.29) is 11.8 Å². The van der Waals surface area contributed by atoms with Crippen molar-refractivity contribution in [2.75, 3.05) is 7.05 Å². The molecule has 0 aliphatic heterocycles. The standard InChI is InChI=1S/C22H24ClN3O/c1-3-26-14-13-24-21(26)16-25(2)22(27)15-19(17-9-5-4-6-10-17)18-11-7-8-12-20(18)23/h4-14,19H,3,15-16H2,1-2H3/t19-/m1/s1. The van der Waals surface area contributed by atoms with Gasteiger partial charge in [-0.1, -0.05) is 60.1 Å². The smallest absolute Gasteiger partial charge is 0.223 e. The summed E-state index contributed by atoms with van der Waals surface area (Å²) in [6.45, 7) is 3.39. The molecule has 0 fully saturated rings. The first-order chi connectivity index (χ1) is 13.1. The van der Waals surface area contributed by atoms with Crippen LogP contribution in [0.5, 0.6) is 0 Å². The Hall–Kier alpha value is -2.59. The second kappa shape index (κ2) is 8.87. The number of hydrogen-bond donors (Lipinski definition) is 0. The number of nitrogens with zero attached hydrogens (tertiary/aromatic N) is 3. The molecule has 0 aliphatic carbocycles. The number of amides is 1. The second-order valence-electron chi connectivity index (χ2n) is 6.57. The number of rotatable bonds is 7. The van der Waals surface area contributed by atoms with E-state index in [4.69, 9.17) is 11.6 Å². The highest BCUT2D eigenvalue weighted by atomic mass is 35.5. The fourth-order valence-electron chi connectivity index (χ4n) is 3.26. The van der Waals surface area contributed by atoms with Crippen LogP contribution in [0.3, 0.4) is 0 Å². The zero-order valence-corrected chi connectivity index (χ0v) is 16.4. The van der Waals surface area contributed by atoms with Crippen molar-refractivity contribution in [2.45, 2.75) is 32.4 Å². The Kier molecular flexibility index (Phi) is 6.30. The summed E-state index contributed by atoms with van der Waals surface area (Å²) in [5.41, 5.74) is 2.06. The molecule has 0 N–H and O–H groups in total. The third-order valence-corrected chi connectivity index (χ3v) is 5.15. The maximum Gasteiger partial charge on any atom is 0.223 e. The Balaban J connectivity index is 1.81. The van der Waals surface area contributed by atoms with Crippen LogP contribution >= 0.6 is 11.6 Å². The van der Waals surface area contributed by atoms with Gasteiger partial charge in [-0.05, 0) is 24.1 Å². The molecule has 0 radical (unpaired) electrons. The van der Waals surface area contributed by atoms with E-state index < -0.39 is 0 Å². The van der Waals surface area contributed by atoms with Crippen LogP contribution < -0.4 is 0 Å². The monoisotopic (exact) mass is 381 g/mol. The summed E-state index contributed by atoms with van der Waals surface area (Å²) >= 11 is 6.45. The van der Waals surface area contributed by atoms with Crippen LogP contribution in [0.2, 0.25) is 5.02 Å². The predicted octanol–water partition coefficient (Wildman–Crippen LogP) is 4.74. The molecule has 3 rings (SSSR count). The van der Waals surface area contributed by atoms with Crippen LogP contribution in [-0.4, -0.2) is 27.4 Å². The molecule has 1 amide bonds. The van der Waals surface area contributed by atoms with Crippen molar-refractivity contribution >= 4 is 17.5 Å². The first-order valence-electron chi connectivity index (χ1n) is 9.13. The van der Waals surface area contributed by atoms with Crippen molar-refractivity contribution in [1.29, 1.82) is 0 Å². The quantitative estimate of drug-likeness (QED) is 0.593. The van der Waals surface area contributed by atoms with Crippen LogP contribution in [0.15, 0.2) is 67.0 Å². The van der Waals surface area contributed by atoms with Gasteiger partial charge in [0.05, 0.1) is 6.54 Å². The zero-order chi connectivity index (χ0) is 19.2. The zero-order valence-electron chi connectivity index (χ0n) is 15.7. The van der Waals surface area contributed by atoms with E-state index in [1.165, 1.54) is 0 Å². The molecule has 1 heterocycles. The largest absolute Gasteiger partial charge is 0.338 e. The van der Waals surface area contributed by atoms with Gasteiger partial charge in [0.25, 0.3) is 0 Å². The molecule has 4 nitrogen and oxygen atoms in total. The summed E-state index contributed by atoms with van der Waals surface area (Å²) in [5.74, 6) is 0.873. The van der Waals surface area contributed by atoms with Gasteiger partial charge < -0.3 is 9.47 Å². The molecule has 3 aromatic rings. The number of halogens is 1. The van der Waals surface area contributed by atoms with Crippen molar-refractivity contribution in [3.8, 4) is 0 Å². The molecule has 27 heavy (non-hydrogen) atoms. The minimum Gasteiger partial charge on any atom is -0.338 e. The van der Waals surface area contributed by atoms with Crippen molar-refractivity contribution in [3.63, 3.8) is 0 Å². The Morgan fingerprint density at radius 2 is 1.85 bits per heavy atom. The Bertz CT molecular complexity index is 891. The van der Waals surface area contributed by atoms with Gasteiger partial charge in [-0.25, -0.2) is 4.98 Å². The van der Waals surface area contributed by atoms with Crippen LogP contribution in [0.4, 0.5) is 0 Å². The predicted molar refractivity (Wildman–Crippen MR) is 109 cm³/mol. The number of carbonyl (C=O) groups excluding carboxylic acids is 1. The molecule has 0 spiro atoms. The fourth-order valence-corrected chi connectivity index (χ4v) is 3.53. The van der Waals surface area contributed by atoms with Crippen molar-refractivity contribution in [1.82, 2.24) is 14.5 Å². The Morgan fingerprint density at radius 3 is 2.56 bits per heavy atom. The van der Waals surface area contributed by atoms with E-state index in [0.717, 1.165) is 23.5 Å². The fraction of sp³-hybridized carbons (Fsp3) is 0.273. The normalized spacial score (nSPS) is 12.0. The molecule has 0 saturated heterocycles. The van der Waals surface area contributed by atoms with Gasteiger partial charge in [0.2, 0.25) is 5.91 Å². The number of aryl methyl sites for hydroxylation is 1. The lowest BCUT2D eigenvalue weighted by molar-refractivity contribution is -0.130. The summed E-state index contributed by atoms with van der Waals surface area (Å²) in [6, 6.07) is 17.8. The van der Waals surface area contributed by atoms with E-state index in [1.807, 2.05) is 72.4 Å². The third-order valence-electron chi connectivity index (χ3n) is 4.81. The Morgan fingerprint density at radius 1 is 1.15 bits per heavy atom. The minimum absolute atomic E-state index is 0.0643. The molecule has 1 aromatic heterocycles. The Labute approximate surface area is 165 Å². The van der Waals surface area contributed by atoms with Gasteiger partial charge >= 0.3 is 0 Å². The maximum absolute atomic E-state index is 13.0. The molecule has 0 unspecified atom stereocenters. The van der Waals surface area contributed by atoms with Gasteiger partial charge in [-0.15, -0.1) is 0 Å². The van der Waals surface area contributed by atoms with Crippen LogP contribution in [0.1, 0.15) is 36.2 Å². The summed E-state index contributed by atoms with van der Waals surface area (Å²) in [4.78, 5) is 19.1. The lowest BCUT2D eigenvalue weighted by Crippen LogP contribution is -2.29. The molecule has 5 heteroatoms.